The second-order valence-electron chi connectivity index (χ2n) is 3.88. The number of carbonyl (C=O) groups is 2. The SMILES string of the molecule is O=C(N[C@H](Cc1cnc[nH]1)C(=O)O)c1cc(Br)sc1Br. The van der Waals surface area contributed by atoms with E-state index in [2.05, 4.69) is 47.1 Å². The van der Waals surface area contributed by atoms with Gasteiger partial charge < -0.3 is 15.4 Å². The Bertz CT molecular complexity index is 627. The molecule has 0 fully saturated rings. The highest BCUT2D eigenvalue weighted by Crippen LogP contribution is 2.31. The van der Waals surface area contributed by atoms with Crippen molar-refractivity contribution >= 4 is 55.1 Å². The average Bonchev–Trinajstić information content (AvgIpc) is 2.97. The van der Waals surface area contributed by atoms with Crippen LogP contribution in [0.4, 0.5) is 0 Å². The molecule has 2 aromatic heterocycles. The first-order chi connectivity index (χ1) is 9.47. The van der Waals surface area contributed by atoms with E-state index >= 15 is 0 Å². The van der Waals surface area contributed by atoms with Crippen molar-refractivity contribution in [3.8, 4) is 0 Å². The van der Waals surface area contributed by atoms with Gasteiger partial charge in [0.25, 0.3) is 5.91 Å². The van der Waals surface area contributed by atoms with Crippen molar-refractivity contribution in [3.05, 3.63) is 37.4 Å². The minimum absolute atomic E-state index is 0.143. The lowest BCUT2D eigenvalue weighted by Crippen LogP contribution is -2.42. The molecule has 2 aromatic rings. The maximum Gasteiger partial charge on any atom is 0.326 e. The van der Waals surface area contributed by atoms with Gasteiger partial charge in [-0.1, -0.05) is 0 Å². The van der Waals surface area contributed by atoms with Crippen molar-refractivity contribution in [2.45, 2.75) is 12.5 Å². The van der Waals surface area contributed by atoms with E-state index in [-0.39, 0.29) is 6.42 Å². The number of nitrogens with zero attached hydrogens (tertiary/aromatic N) is 1. The van der Waals surface area contributed by atoms with Gasteiger partial charge in [0.05, 0.1) is 19.5 Å². The minimum Gasteiger partial charge on any atom is -0.480 e. The summed E-state index contributed by atoms with van der Waals surface area (Å²) >= 11 is 7.89. The van der Waals surface area contributed by atoms with Crippen molar-refractivity contribution in [3.63, 3.8) is 0 Å². The zero-order chi connectivity index (χ0) is 14.7. The summed E-state index contributed by atoms with van der Waals surface area (Å²) in [6.07, 6.45) is 3.13. The highest BCUT2D eigenvalue weighted by atomic mass is 79.9. The van der Waals surface area contributed by atoms with E-state index in [0.29, 0.717) is 15.0 Å². The maximum atomic E-state index is 12.1. The third-order valence-corrected chi connectivity index (χ3v) is 4.82. The number of imidazole rings is 1. The van der Waals surface area contributed by atoms with E-state index in [0.717, 1.165) is 3.79 Å². The number of nitrogens with one attached hydrogen (secondary N) is 2. The lowest BCUT2D eigenvalue weighted by Gasteiger charge is -2.13. The number of carboxylic acid groups (broad SMARTS) is 1. The lowest BCUT2D eigenvalue weighted by atomic mass is 10.1. The van der Waals surface area contributed by atoms with Gasteiger partial charge in [0.2, 0.25) is 0 Å². The molecule has 1 amide bonds. The van der Waals surface area contributed by atoms with Gasteiger partial charge in [-0.15, -0.1) is 11.3 Å². The number of hydrogen-bond donors (Lipinski definition) is 3. The van der Waals surface area contributed by atoms with E-state index in [1.807, 2.05) is 0 Å². The van der Waals surface area contributed by atoms with Crippen LogP contribution in [0.25, 0.3) is 0 Å². The summed E-state index contributed by atoms with van der Waals surface area (Å²) in [5.41, 5.74) is 1.04. The summed E-state index contributed by atoms with van der Waals surface area (Å²) in [6, 6.07) is 0.618. The Balaban J connectivity index is 2.10. The molecule has 0 radical (unpaired) electrons. The highest BCUT2D eigenvalue weighted by molar-refractivity contribution is 9.12. The average molecular weight is 423 g/mol. The highest BCUT2D eigenvalue weighted by Gasteiger charge is 2.23. The Morgan fingerprint density at radius 1 is 1.50 bits per heavy atom. The van der Waals surface area contributed by atoms with Gasteiger partial charge in [0.15, 0.2) is 0 Å². The van der Waals surface area contributed by atoms with Gasteiger partial charge in [-0.25, -0.2) is 9.78 Å². The number of hydrogen-bond acceptors (Lipinski definition) is 4. The Hall–Kier alpha value is -1.19. The molecular formula is C11H9Br2N3O3S. The zero-order valence-electron chi connectivity index (χ0n) is 9.89. The predicted octanol–water partition coefficient (Wildman–Crippen LogP) is 2.42. The molecule has 0 spiro atoms. The fraction of sp³-hybridized carbons (Fsp3) is 0.182. The Labute approximate surface area is 134 Å². The van der Waals surface area contributed by atoms with Gasteiger partial charge in [-0.2, -0.15) is 0 Å². The Morgan fingerprint density at radius 2 is 2.25 bits per heavy atom. The fourth-order valence-electron chi connectivity index (χ4n) is 1.55. The topological polar surface area (TPSA) is 95.1 Å². The van der Waals surface area contributed by atoms with Gasteiger partial charge >= 0.3 is 5.97 Å². The van der Waals surface area contributed by atoms with Crippen LogP contribution in [0.3, 0.4) is 0 Å². The monoisotopic (exact) mass is 421 g/mol. The van der Waals surface area contributed by atoms with Gasteiger partial charge in [-0.3, -0.25) is 4.79 Å². The molecular weight excluding hydrogens is 414 g/mol. The van der Waals surface area contributed by atoms with E-state index < -0.39 is 17.9 Å². The number of aromatic nitrogens is 2. The molecule has 20 heavy (non-hydrogen) atoms. The lowest BCUT2D eigenvalue weighted by molar-refractivity contribution is -0.139. The molecule has 2 heterocycles. The third-order valence-electron chi connectivity index (χ3n) is 2.48. The largest absolute Gasteiger partial charge is 0.480 e. The molecule has 0 bridgehead atoms. The molecule has 0 saturated heterocycles. The van der Waals surface area contributed by atoms with Crippen LogP contribution in [0.1, 0.15) is 16.1 Å². The van der Waals surface area contributed by atoms with Crippen molar-refractivity contribution < 1.29 is 14.7 Å². The molecule has 106 valence electrons. The predicted molar refractivity (Wildman–Crippen MR) is 80.9 cm³/mol. The van der Waals surface area contributed by atoms with Gasteiger partial charge in [0, 0.05) is 18.3 Å². The maximum absolute atomic E-state index is 12.1. The van der Waals surface area contributed by atoms with E-state index in [1.165, 1.54) is 23.9 Å². The first-order valence-electron chi connectivity index (χ1n) is 5.43. The van der Waals surface area contributed by atoms with Crippen molar-refractivity contribution in [1.82, 2.24) is 15.3 Å². The molecule has 0 saturated carbocycles. The molecule has 0 aromatic carbocycles. The van der Waals surface area contributed by atoms with E-state index in [9.17, 15) is 14.7 Å². The second-order valence-corrected chi connectivity index (χ2v) is 7.63. The number of H-pyrrole nitrogens is 1. The summed E-state index contributed by atoms with van der Waals surface area (Å²) in [5.74, 6) is -1.54. The Morgan fingerprint density at radius 3 is 2.75 bits per heavy atom. The quantitative estimate of drug-likeness (QED) is 0.689. The summed E-state index contributed by atoms with van der Waals surface area (Å²) in [5, 5.41) is 11.7. The number of carboxylic acids is 1. The number of amides is 1. The van der Waals surface area contributed by atoms with Crippen LogP contribution >= 0.6 is 43.2 Å². The number of rotatable bonds is 5. The van der Waals surface area contributed by atoms with Crippen LogP contribution in [-0.4, -0.2) is 33.0 Å². The summed E-state index contributed by atoms with van der Waals surface area (Å²) in [7, 11) is 0. The Kier molecular flexibility index (Phi) is 4.95. The van der Waals surface area contributed by atoms with Crippen LogP contribution in [0, 0.1) is 0 Å². The number of carbonyl (C=O) groups excluding carboxylic acids is 1. The molecule has 1 atom stereocenters. The first kappa shape index (κ1) is 15.2. The molecule has 0 unspecified atom stereocenters. The van der Waals surface area contributed by atoms with Crippen molar-refractivity contribution in [2.75, 3.05) is 0 Å². The zero-order valence-corrected chi connectivity index (χ0v) is 13.9. The van der Waals surface area contributed by atoms with Crippen LogP contribution in [0.15, 0.2) is 26.2 Å². The first-order valence-corrected chi connectivity index (χ1v) is 7.83. The van der Waals surface area contributed by atoms with Crippen LogP contribution < -0.4 is 5.32 Å². The number of aromatic amines is 1. The molecule has 0 aliphatic rings. The molecule has 2 rings (SSSR count). The minimum atomic E-state index is -1.10. The number of halogens is 2. The smallest absolute Gasteiger partial charge is 0.326 e. The number of thiophene rings is 1. The van der Waals surface area contributed by atoms with Gasteiger partial charge in [-0.05, 0) is 37.9 Å². The van der Waals surface area contributed by atoms with Gasteiger partial charge in [0.1, 0.15) is 6.04 Å². The summed E-state index contributed by atoms with van der Waals surface area (Å²) in [4.78, 5) is 29.9. The third kappa shape index (κ3) is 3.68. The van der Waals surface area contributed by atoms with E-state index in [1.54, 1.807) is 6.07 Å². The molecule has 0 aliphatic carbocycles. The summed E-state index contributed by atoms with van der Waals surface area (Å²) < 4.78 is 1.43. The number of aliphatic carboxylic acids is 1. The molecule has 6 nitrogen and oxygen atoms in total. The van der Waals surface area contributed by atoms with Crippen LogP contribution in [0.2, 0.25) is 0 Å². The fourth-order valence-corrected chi connectivity index (χ4v) is 4.34. The van der Waals surface area contributed by atoms with Crippen molar-refractivity contribution in [2.24, 2.45) is 0 Å². The van der Waals surface area contributed by atoms with Crippen LogP contribution in [-0.2, 0) is 11.2 Å². The normalized spacial score (nSPS) is 12.1. The second kappa shape index (κ2) is 6.51. The molecule has 3 N–H and O–H groups in total. The molecule has 9 heteroatoms. The van der Waals surface area contributed by atoms with E-state index in [4.69, 9.17) is 0 Å². The molecule has 0 aliphatic heterocycles. The standard InChI is InChI=1S/C11H9Br2N3O3S/c12-8-2-6(9(13)20-8)10(17)16-7(11(18)19)1-5-3-14-4-15-5/h2-4,7H,1H2,(H,14,15)(H,16,17)(H,18,19)/t7-/m1/s1. The van der Waals surface area contributed by atoms with Crippen molar-refractivity contribution in [1.29, 1.82) is 0 Å². The van der Waals surface area contributed by atoms with Crippen LogP contribution in [0.5, 0.6) is 0 Å². The summed E-state index contributed by atoms with van der Waals surface area (Å²) in [6.45, 7) is 0.